The molecule has 0 heterocycles. The van der Waals surface area contributed by atoms with E-state index in [2.05, 4.69) is 0 Å². The molecule has 1 aromatic rings. The van der Waals surface area contributed by atoms with Crippen LogP contribution in [-0.2, 0) is 4.79 Å². The van der Waals surface area contributed by atoms with Crippen molar-refractivity contribution in [3.8, 4) is 0 Å². The van der Waals surface area contributed by atoms with Gasteiger partial charge in [-0.05, 0) is 32.9 Å². The lowest BCUT2D eigenvalue weighted by Gasteiger charge is -2.34. The number of carboxylic acid groups (broad SMARTS) is 1. The molecular formula is C13H16ClNO3. The van der Waals surface area contributed by atoms with E-state index in [-0.39, 0.29) is 5.91 Å². The molecule has 0 bridgehead atoms. The molecule has 0 unspecified atom stereocenters. The van der Waals surface area contributed by atoms with Crippen LogP contribution in [0.2, 0.25) is 5.02 Å². The van der Waals surface area contributed by atoms with Crippen molar-refractivity contribution in [2.24, 2.45) is 0 Å². The number of hydrogen-bond donors (Lipinski definition) is 1. The van der Waals surface area contributed by atoms with Crippen molar-refractivity contribution < 1.29 is 14.7 Å². The lowest BCUT2D eigenvalue weighted by atomic mass is 10.0. The molecule has 1 rings (SSSR count). The number of aliphatic carboxylic acids is 1. The third-order valence-electron chi connectivity index (χ3n) is 2.86. The van der Waals surface area contributed by atoms with Crippen molar-refractivity contribution in [1.29, 1.82) is 0 Å². The van der Waals surface area contributed by atoms with Crippen molar-refractivity contribution in [3.63, 3.8) is 0 Å². The zero-order valence-electron chi connectivity index (χ0n) is 10.6. The molecule has 4 nitrogen and oxygen atoms in total. The minimum absolute atomic E-state index is 0.295. The molecule has 0 aliphatic rings. The molecule has 0 radical (unpaired) electrons. The highest BCUT2D eigenvalue weighted by Gasteiger charge is 2.37. The first kappa shape index (κ1) is 14.5. The van der Waals surface area contributed by atoms with E-state index in [1.54, 1.807) is 31.2 Å². The fourth-order valence-electron chi connectivity index (χ4n) is 1.69. The van der Waals surface area contributed by atoms with Crippen LogP contribution < -0.4 is 0 Å². The number of carboxylic acids is 1. The second-order valence-electron chi connectivity index (χ2n) is 4.39. The Balaban J connectivity index is 3.16. The molecule has 0 aliphatic heterocycles. The van der Waals surface area contributed by atoms with E-state index < -0.39 is 11.5 Å². The third kappa shape index (κ3) is 2.64. The Labute approximate surface area is 111 Å². The molecule has 5 heteroatoms. The minimum Gasteiger partial charge on any atom is -0.480 e. The van der Waals surface area contributed by atoms with Crippen LogP contribution in [0.4, 0.5) is 0 Å². The van der Waals surface area contributed by atoms with Gasteiger partial charge in [0.25, 0.3) is 5.91 Å². The average Bonchev–Trinajstić information content (AvgIpc) is 2.29. The van der Waals surface area contributed by atoms with Gasteiger partial charge in [0, 0.05) is 6.54 Å². The Morgan fingerprint density at radius 3 is 2.33 bits per heavy atom. The fourth-order valence-corrected chi connectivity index (χ4v) is 1.90. The Hall–Kier alpha value is -1.55. The SMILES string of the molecule is CCN(C(=O)c1ccccc1Cl)C(C)(C)C(=O)O. The van der Waals surface area contributed by atoms with Crippen molar-refractivity contribution in [2.75, 3.05) is 6.54 Å². The predicted octanol–water partition coefficient (Wildman–Crippen LogP) is 2.67. The topological polar surface area (TPSA) is 57.6 Å². The number of likely N-dealkylation sites (N-methyl/N-ethyl adjacent to an activating group) is 1. The van der Waals surface area contributed by atoms with Crippen LogP contribution in [0.3, 0.4) is 0 Å². The second-order valence-corrected chi connectivity index (χ2v) is 4.80. The third-order valence-corrected chi connectivity index (χ3v) is 3.19. The van der Waals surface area contributed by atoms with Gasteiger partial charge in [0.15, 0.2) is 0 Å². The van der Waals surface area contributed by atoms with Gasteiger partial charge in [-0.25, -0.2) is 4.79 Å². The monoisotopic (exact) mass is 269 g/mol. The van der Waals surface area contributed by atoms with Gasteiger partial charge in [-0.15, -0.1) is 0 Å². The first-order valence-electron chi connectivity index (χ1n) is 5.62. The lowest BCUT2D eigenvalue weighted by molar-refractivity contribution is -0.147. The lowest BCUT2D eigenvalue weighted by Crippen LogP contribution is -2.52. The van der Waals surface area contributed by atoms with Crippen molar-refractivity contribution in [2.45, 2.75) is 26.3 Å². The zero-order valence-corrected chi connectivity index (χ0v) is 11.4. The van der Waals surface area contributed by atoms with Gasteiger partial charge < -0.3 is 10.0 Å². The molecular weight excluding hydrogens is 254 g/mol. The summed E-state index contributed by atoms with van der Waals surface area (Å²) in [6.07, 6.45) is 0. The van der Waals surface area contributed by atoms with Gasteiger partial charge in [-0.3, -0.25) is 4.79 Å². The van der Waals surface area contributed by atoms with Crippen LogP contribution in [-0.4, -0.2) is 34.0 Å². The van der Waals surface area contributed by atoms with Crippen LogP contribution in [0.15, 0.2) is 24.3 Å². The predicted molar refractivity (Wildman–Crippen MR) is 69.9 cm³/mol. The smallest absolute Gasteiger partial charge is 0.329 e. The molecule has 0 spiro atoms. The summed E-state index contributed by atoms with van der Waals surface area (Å²) in [4.78, 5) is 24.8. The summed E-state index contributed by atoms with van der Waals surface area (Å²) in [6, 6.07) is 6.61. The van der Waals surface area contributed by atoms with Gasteiger partial charge in [-0.2, -0.15) is 0 Å². The summed E-state index contributed by atoms with van der Waals surface area (Å²) in [7, 11) is 0. The first-order chi connectivity index (χ1) is 8.32. The largest absolute Gasteiger partial charge is 0.480 e. The number of carbonyl (C=O) groups excluding carboxylic acids is 1. The molecule has 0 saturated heterocycles. The molecule has 1 aromatic carbocycles. The maximum Gasteiger partial charge on any atom is 0.329 e. The molecule has 18 heavy (non-hydrogen) atoms. The van der Waals surface area contributed by atoms with E-state index in [1.807, 2.05) is 0 Å². The van der Waals surface area contributed by atoms with Crippen LogP contribution >= 0.6 is 11.6 Å². The van der Waals surface area contributed by atoms with Gasteiger partial charge >= 0.3 is 5.97 Å². The molecule has 1 N–H and O–H groups in total. The number of nitrogens with zero attached hydrogens (tertiary/aromatic N) is 1. The van der Waals surface area contributed by atoms with E-state index in [0.29, 0.717) is 17.1 Å². The van der Waals surface area contributed by atoms with E-state index >= 15 is 0 Å². The Morgan fingerprint density at radius 1 is 1.33 bits per heavy atom. The molecule has 0 aromatic heterocycles. The van der Waals surface area contributed by atoms with E-state index in [4.69, 9.17) is 11.6 Å². The minimum atomic E-state index is -1.27. The molecule has 0 fully saturated rings. The van der Waals surface area contributed by atoms with Crippen LogP contribution in [0, 0.1) is 0 Å². The number of amides is 1. The second kappa shape index (κ2) is 5.40. The van der Waals surface area contributed by atoms with Crippen LogP contribution in [0.5, 0.6) is 0 Å². The average molecular weight is 270 g/mol. The Kier molecular flexibility index (Phi) is 4.35. The maximum absolute atomic E-state index is 12.3. The van der Waals surface area contributed by atoms with Crippen LogP contribution in [0.1, 0.15) is 31.1 Å². The standard InChI is InChI=1S/C13H16ClNO3/c1-4-15(13(2,3)12(17)18)11(16)9-7-5-6-8-10(9)14/h5-8H,4H2,1-3H3,(H,17,18). The first-order valence-corrected chi connectivity index (χ1v) is 6.00. The van der Waals surface area contributed by atoms with Crippen molar-refractivity contribution >= 4 is 23.5 Å². The quantitative estimate of drug-likeness (QED) is 0.914. The zero-order chi connectivity index (χ0) is 13.9. The summed E-state index contributed by atoms with van der Waals surface area (Å²) >= 11 is 5.95. The van der Waals surface area contributed by atoms with Gasteiger partial charge in [0.2, 0.25) is 0 Å². The molecule has 0 saturated carbocycles. The maximum atomic E-state index is 12.3. The van der Waals surface area contributed by atoms with Gasteiger partial charge in [0.1, 0.15) is 5.54 Å². The van der Waals surface area contributed by atoms with Crippen molar-refractivity contribution in [3.05, 3.63) is 34.9 Å². The summed E-state index contributed by atoms with van der Waals surface area (Å²) in [5.74, 6) is -1.43. The molecule has 0 atom stereocenters. The molecule has 98 valence electrons. The summed E-state index contributed by atoms with van der Waals surface area (Å²) in [5.41, 5.74) is -0.958. The van der Waals surface area contributed by atoms with Crippen LogP contribution in [0.25, 0.3) is 0 Å². The highest BCUT2D eigenvalue weighted by atomic mass is 35.5. The van der Waals surface area contributed by atoms with Gasteiger partial charge in [-0.1, -0.05) is 23.7 Å². The summed E-state index contributed by atoms with van der Waals surface area (Å²) in [6.45, 7) is 5.02. The molecule has 0 aliphatic carbocycles. The van der Waals surface area contributed by atoms with E-state index in [1.165, 1.54) is 18.7 Å². The normalized spacial score (nSPS) is 11.1. The number of rotatable bonds is 4. The Morgan fingerprint density at radius 2 is 1.89 bits per heavy atom. The number of hydrogen-bond acceptors (Lipinski definition) is 2. The summed E-state index contributed by atoms with van der Waals surface area (Å²) in [5, 5.41) is 9.50. The highest BCUT2D eigenvalue weighted by molar-refractivity contribution is 6.33. The highest BCUT2D eigenvalue weighted by Crippen LogP contribution is 2.22. The number of halogens is 1. The van der Waals surface area contributed by atoms with E-state index in [9.17, 15) is 14.7 Å². The number of carbonyl (C=O) groups is 2. The molecule has 1 amide bonds. The van der Waals surface area contributed by atoms with Crippen molar-refractivity contribution in [1.82, 2.24) is 4.90 Å². The van der Waals surface area contributed by atoms with E-state index in [0.717, 1.165) is 0 Å². The Bertz CT molecular complexity index is 471. The number of benzene rings is 1. The summed E-state index contributed by atoms with van der Waals surface area (Å²) < 4.78 is 0. The fraction of sp³-hybridized carbons (Fsp3) is 0.385. The van der Waals surface area contributed by atoms with Gasteiger partial charge in [0.05, 0.1) is 10.6 Å².